The lowest BCUT2D eigenvalue weighted by Crippen LogP contribution is -2.36. The number of aromatic hydroxyl groups is 1. The number of benzene rings is 3. The number of aromatic nitrogens is 6. The topological polar surface area (TPSA) is 146 Å². The van der Waals surface area contributed by atoms with Crippen molar-refractivity contribution < 1.29 is 14.6 Å². The van der Waals surface area contributed by atoms with Crippen molar-refractivity contribution in [2.45, 2.75) is 50.8 Å². The summed E-state index contributed by atoms with van der Waals surface area (Å²) in [6.45, 7) is 7.77. The fourth-order valence-electron chi connectivity index (χ4n) is 7.77. The van der Waals surface area contributed by atoms with E-state index in [9.17, 15) is 9.90 Å². The number of phenols is 1. The fraction of sp³-hybridized carbons (Fsp3) is 0.325. The van der Waals surface area contributed by atoms with E-state index >= 15 is 0 Å². The summed E-state index contributed by atoms with van der Waals surface area (Å²) < 4.78 is 15.2. The molecule has 2 aliphatic heterocycles. The van der Waals surface area contributed by atoms with Crippen LogP contribution in [0.3, 0.4) is 0 Å². The average molecular weight is 695 g/mol. The Morgan fingerprint density at radius 3 is 2.58 bits per heavy atom. The zero-order chi connectivity index (χ0) is 35.6. The third-order valence-electron chi connectivity index (χ3n) is 10.4. The quantitative estimate of drug-likeness (QED) is 0.240. The molecule has 0 bridgehead atoms. The molecule has 0 amide bonds. The number of morpholine rings is 1. The van der Waals surface area contributed by atoms with Gasteiger partial charge in [-0.3, -0.25) is 14.3 Å². The first-order valence-electron chi connectivity index (χ1n) is 17.6. The van der Waals surface area contributed by atoms with Gasteiger partial charge in [0.1, 0.15) is 35.8 Å². The van der Waals surface area contributed by atoms with E-state index in [-0.39, 0.29) is 23.7 Å². The number of fused-ring (bicyclic) bond motifs is 3. The third-order valence-corrected chi connectivity index (χ3v) is 10.4. The van der Waals surface area contributed by atoms with Gasteiger partial charge in [-0.15, -0.1) is 0 Å². The van der Waals surface area contributed by atoms with Crippen LogP contribution in [0.2, 0.25) is 0 Å². The smallest absolute Gasteiger partial charge is 0.263 e. The van der Waals surface area contributed by atoms with Gasteiger partial charge in [0.25, 0.3) is 5.56 Å². The zero-order valence-electron chi connectivity index (χ0n) is 29.1. The van der Waals surface area contributed by atoms with Gasteiger partial charge in [0, 0.05) is 36.2 Å². The molecule has 1 saturated carbocycles. The number of nitrogen functional groups attached to an aromatic ring is 1. The molecule has 3 N–H and O–H groups in total. The summed E-state index contributed by atoms with van der Waals surface area (Å²) in [7, 11) is 0. The second-order valence-corrected chi connectivity index (χ2v) is 14.4. The van der Waals surface area contributed by atoms with Gasteiger partial charge >= 0.3 is 0 Å². The molecule has 12 heteroatoms. The van der Waals surface area contributed by atoms with Crippen LogP contribution in [0.4, 0.5) is 5.82 Å². The van der Waals surface area contributed by atoms with Crippen molar-refractivity contribution in [2.75, 3.05) is 38.6 Å². The maximum atomic E-state index is 15.0. The molecule has 9 rings (SSSR count). The highest BCUT2D eigenvalue weighted by Gasteiger charge is 2.48. The Bertz CT molecular complexity index is 2500. The minimum atomic E-state index is -0.566. The van der Waals surface area contributed by atoms with E-state index in [2.05, 4.69) is 38.8 Å². The first kappa shape index (κ1) is 32.2. The minimum Gasteiger partial charge on any atom is -0.504 e. The van der Waals surface area contributed by atoms with Crippen LogP contribution in [-0.4, -0.2) is 77.8 Å². The number of ether oxygens (including phenoxy) is 2. The van der Waals surface area contributed by atoms with Crippen molar-refractivity contribution in [3.05, 3.63) is 99.9 Å². The lowest BCUT2D eigenvalue weighted by Gasteiger charge is -2.24. The normalized spacial score (nSPS) is 17.4. The number of hydrogen-bond acceptors (Lipinski definition) is 10. The molecule has 12 nitrogen and oxygen atoms in total. The molecule has 0 atom stereocenters. The summed E-state index contributed by atoms with van der Waals surface area (Å²) in [5, 5.41) is 16.9. The molecule has 0 radical (unpaired) electrons. The van der Waals surface area contributed by atoms with E-state index in [4.69, 9.17) is 25.3 Å². The van der Waals surface area contributed by atoms with Crippen LogP contribution in [0, 0.1) is 11.8 Å². The standard InChI is InChI=1S/C40H38N8O4/c1-39(2)22-28-27(13-14-30(49)35(28)52-39)34-33-36(41)42-24-43-37(33)47(45-34)23-31-44-29-12-6-8-25(9-7-17-46-18-20-51-21-19-46)32(29)38(50)48(31)40(15-16-40)26-10-4-3-5-11-26/h3-6,8,10-14,24,49H,15-23H2,1-2H3,(H2,41,42,43). The monoisotopic (exact) mass is 694 g/mol. The van der Waals surface area contributed by atoms with Gasteiger partial charge in [-0.25, -0.2) is 19.6 Å². The van der Waals surface area contributed by atoms with Crippen molar-refractivity contribution in [1.29, 1.82) is 0 Å². The van der Waals surface area contributed by atoms with Crippen LogP contribution in [-0.2, 0) is 23.2 Å². The second kappa shape index (κ2) is 12.2. The number of rotatable bonds is 6. The number of phenolic OH excluding ortho intramolecular Hbond substituents is 1. The molecule has 3 aromatic carbocycles. The largest absolute Gasteiger partial charge is 0.504 e. The van der Waals surface area contributed by atoms with Crippen molar-refractivity contribution in [3.8, 4) is 34.6 Å². The Hall–Kier alpha value is -5.77. The van der Waals surface area contributed by atoms with Crippen LogP contribution < -0.4 is 16.0 Å². The highest BCUT2D eigenvalue weighted by atomic mass is 16.5. The van der Waals surface area contributed by atoms with E-state index in [1.54, 1.807) is 10.7 Å². The van der Waals surface area contributed by atoms with Gasteiger partial charge in [0.2, 0.25) is 0 Å². The van der Waals surface area contributed by atoms with E-state index < -0.39 is 11.1 Å². The van der Waals surface area contributed by atoms with Crippen LogP contribution in [0.1, 0.15) is 49.2 Å². The number of hydrogen-bond donors (Lipinski definition) is 2. The first-order valence-corrected chi connectivity index (χ1v) is 17.6. The molecule has 3 aliphatic rings. The fourth-order valence-corrected chi connectivity index (χ4v) is 7.77. The highest BCUT2D eigenvalue weighted by Crippen LogP contribution is 2.50. The molecular formula is C40H38N8O4. The first-order chi connectivity index (χ1) is 25.2. The molecule has 0 unspecified atom stereocenters. The highest BCUT2D eigenvalue weighted by molar-refractivity contribution is 5.99. The zero-order valence-corrected chi connectivity index (χ0v) is 29.1. The number of nitrogens with two attached hydrogens (primary N) is 1. The predicted molar refractivity (Wildman–Crippen MR) is 197 cm³/mol. The summed E-state index contributed by atoms with van der Waals surface area (Å²) in [5.41, 5.74) is 10.3. The summed E-state index contributed by atoms with van der Waals surface area (Å²) in [5.74, 6) is 7.94. The Morgan fingerprint density at radius 2 is 1.79 bits per heavy atom. The molecular weight excluding hydrogens is 656 g/mol. The SMILES string of the molecule is CC1(C)Cc2c(-c3nn(Cc4nc5cccc(C#CCN6CCOCC6)c5c(=O)n4C4(c5ccccc5)CC4)c4ncnc(N)c34)ccc(O)c2O1. The molecule has 1 aliphatic carbocycles. The van der Waals surface area contributed by atoms with Gasteiger partial charge < -0.3 is 20.3 Å². The minimum absolute atomic E-state index is 0.0717. The average Bonchev–Trinajstić information content (AvgIpc) is 3.75. The van der Waals surface area contributed by atoms with Crippen LogP contribution in [0.15, 0.2) is 71.8 Å². The van der Waals surface area contributed by atoms with Gasteiger partial charge in [-0.05, 0) is 56.5 Å². The Kier molecular flexibility index (Phi) is 7.53. The summed E-state index contributed by atoms with van der Waals surface area (Å²) in [6, 6.07) is 19.3. The summed E-state index contributed by atoms with van der Waals surface area (Å²) in [6.07, 6.45) is 3.56. The molecule has 52 heavy (non-hydrogen) atoms. The Balaban J connectivity index is 1.21. The van der Waals surface area contributed by atoms with E-state index in [0.717, 1.165) is 42.6 Å². The molecule has 262 valence electrons. The van der Waals surface area contributed by atoms with Gasteiger partial charge in [-0.1, -0.05) is 48.2 Å². The lowest BCUT2D eigenvalue weighted by atomic mass is 9.95. The lowest BCUT2D eigenvalue weighted by molar-refractivity contribution is 0.0443. The van der Waals surface area contributed by atoms with Crippen LogP contribution in [0.5, 0.6) is 11.5 Å². The summed E-state index contributed by atoms with van der Waals surface area (Å²) >= 11 is 0. The molecule has 0 spiro atoms. The van der Waals surface area contributed by atoms with Gasteiger partial charge in [0.05, 0.1) is 41.6 Å². The van der Waals surface area contributed by atoms with E-state index in [1.165, 1.54) is 6.33 Å². The van der Waals surface area contributed by atoms with Crippen molar-refractivity contribution in [1.82, 2.24) is 34.2 Å². The molecule has 5 heterocycles. The van der Waals surface area contributed by atoms with Crippen LogP contribution in [0.25, 0.3) is 33.2 Å². The number of anilines is 1. The second-order valence-electron chi connectivity index (χ2n) is 14.4. The molecule has 2 fully saturated rings. The maximum Gasteiger partial charge on any atom is 0.263 e. The van der Waals surface area contributed by atoms with Crippen molar-refractivity contribution in [2.24, 2.45) is 0 Å². The predicted octanol–water partition coefficient (Wildman–Crippen LogP) is 4.47. The Morgan fingerprint density at radius 1 is 0.981 bits per heavy atom. The van der Waals surface area contributed by atoms with Gasteiger partial charge in [0.15, 0.2) is 17.1 Å². The molecule has 1 saturated heterocycles. The van der Waals surface area contributed by atoms with Crippen molar-refractivity contribution >= 4 is 27.8 Å². The van der Waals surface area contributed by atoms with Gasteiger partial charge in [-0.2, -0.15) is 5.10 Å². The Labute approximate surface area is 299 Å². The van der Waals surface area contributed by atoms with E-state index in [0.29, 0.717) is 70.9 Å². The van der Waals surface area contributed by atoms with Crippen LogP contribution >= 0.6 is 0 Å². The molecule has 3 aromatic heterocycles. The molecule has 6 aromatic rings. The van der Waals surface area contributed by atoms with Crippen molar-refractivity contribution in [3.63, 3.8) is 0 Å². The van der Waals surface area contributed by atoms with E-state index in [1.807, 2.05) is 60.9 Å². The number of nitrogens with zero attached hydrogens (tertiary/aromatic N) is 7. The maximum absolute atomic E-state index is 15.0. The summed E-state index contributed by atoms with van der Waals surface area (Å²) in [4.78, 5) is 31.4. The third kappa shape index (κ3) is 5.36.